The molecule has 0 spiro atoms. The number of alkyl halides is 3. The number of carbonyl (C=O) groups excluding carboxylic acids is 2. The number of β-amino-alcohol motifs (C(OH)–C–C–N with tert-alkyl or cyclic N) is 1. The van der Waals surface area contributed by atoms with Gasteiger partial charge in [-0.3, -0.25) is 14.7 Å². The molecule has 2 atom stereocenters. The van der Waals surface area contributed by atoms with Gasteiger partial charge < -0.3 is 15.2 Å². The predicted octanol–water partition coefficient (Wildman–Crippen LogP) is 2.93. The summed E-state index contributed by atoms with van der Waals surface area (Å²) < 4.78 is 43.5. The van der Waals surface area contributed by atoms with E-state index in [2.05, 4.69) is 20.3 Å². The number of carbonyl (C=O) groups is 2. The highest BCUT2D eigenvalue weighted by molar-refractivity contribution is 5.86. The topological polar surface area (TPSA) is 118 Å². The molecule has 1 saturated heterocycles. The van der Waals surface area contributed by atoms with E-state index in [0.29, 0.717) is 17.0 Å². The lowest BCUT2D eigenvalue weighted by Gasteiger charge is -2.28. The van der Waals surface area contributed by atoms with Crippen LogP contribution in [0.5, 0.6) is 0 Å². The molecule has 12 heteroatoms. The van der Waals surface area contributed by atoms with Gasteiger partial charge in [0.15, 0.2) is 0 Å². The van der Waals surface area contributed by atoms with Gasteiger partial charge in [-0.05, 0) is 45.9 Å². The molecule has 0 saturated carbocycles. The fourth-order valence-corrected chi connectivity index (χ4v) is 3.48. The van der Waals surface area contributed by atoms with E-state index >= 15 is 0 Å². The molecule has 0 aromatic carbocycles. The Morgan fingerprint density at radius 2 is 1.94 bits per heavy atom. The van der Waals surface area contributed by atoms with Crippen molar-refractivity contribution in [3.05, 3.63) is 42.1 Å². The lowest BCUT2D eigenvalue weighted by atomic mass is 10.0. The van der Waals surface area contributed by atoms with Crippen LogP contribution < -0.4 is 5.32 Å². The monoisotopic (exact) mass is 481 g/mol. The molecule has 0 radical (unpaired) electrons. The van der Waals surface area contributed by atoms with Crippen molar-refractivity contribution in [2.45, 2.75) is 64.1 Å². The van der Waals surface area contributed by atoms with Crippen molar-refractivity contribution in [1.29, 1.82) is 0 Å². The zero-order valence-corrected chi connectivity index (χ0v) is 19.2. The number of aliphatic hydroxyl groups is 1. The maximum atomic E-state index is 12.8. The molecular formula is C22H26F3N5O4. The first-order valence-corrected chi connectivity index (χ1v) is 10.5. The SMILES string of the molecule is CC1(O)C[C@@H](C(=O)NCc2cc(-c3ccc(C(F)(F)F)nc3)ncn2)N(C(=O)OC(C)(C)C)C1. The largest absolute Gasteiger partial charge is 0.444 e. The van der Waals surface area contributed by atoms with Crippen LogP contribution in [0.4, 0.5) is 18.0 Å². The standard InChI is InChI=1S/C22H26F3N5O4/c1-20(2,3)34-19(32)30-11-21(4,33)8-16(30)18(31)27-10-14-7-15(29-12-28-14)13-5-6-17(26-9-13)22(23,24)25/h5-7,9,12,16,33H,8,10-11H2,1-4H3,(H,27,31)/t16-,21?/m0/s1. The highest BCUT2D eigenvalue weighted by Gasteiger charge is 2.46. The van der Waals surface area contributed by atoms with Crippen LogP contribution >= 0.6 is 0 Å². The van der Waals surface area contributed by atoms with Gasteiger partial charge in [-0.2, -0.15) is 13.2 Å². The van der Waals surface area contributed by atoms with Crippen LogP contribution in [0.3, 0.4) is 0 Å². The summed E-state index contributed by atoms with van der Waals surface area (Å²) in [4.78, 5) is 38.1. The van der Waals surface area contributed by atoms with Gasteiger partial charge in [0.2, 0.25) is 5.91 Å². The Bertz CT molecular complexity index is 1050. The van der Waals surface area contributed by atoms with E-state index in [4.69, 9.17) is 4.74 Å². The van der Waals surface area contributed by atoms with E-state index in [1.54, 1.807) is 20.8 Å². The lowest BCUT2D eigenvalue weighted by Crippen LogP contribution is -2.47. The molecular weight excluding hydrogens is 455 g/mol. The van der Waals surface area contributed by atoms with Gasteiger partial charge in [0.05, 0.1) is 30.1 Å². The number of ether oxygens (including phenoxy) is 1. The van der Waals surface area contributed by atoms with Crippen LogP contribution in [0, 0.1) is 0 Å². The van der Waals surface area contributed by atoms with E-state index in [9.17, 15) is 27.9 Å². The third-order valence-electron chi connectivity index (χ3n) is 4.97. The highest BCUT2D eigenvalue weighted by Crippen LogP contribution is 2.30. The number of likely N-dealkylation sites (tertiary alicyclic amines) is 1. The minimum absolute atomic E-state index is 0.0246. The molecule has 184 valence electrons. The van der Waals surface area contributed by atoms with Gasteiger partial charge in [-0.1, -0.05) is 0 Å². The summed E-state index contributed by atoms with van der Waals surface area (Å²) in [5, 5.41) is 13.1. The van der Waals surface area contributed by atoms with E-state index in [-0.39, 0.29) is 19.5 Å². The summed E-state index contributed by atoms with van der Waals surface area (Å²) in [5.74, 6) is -0.500. The molecule has 1 aliphatic heterocycles. The molecule has 0 aliphatic carbocycles. The van der Waals surface area contributed by atoms with Gasteiger partial charge in [0, 0.05) is 18.2 Å². The molecule has 2 aromatic heterocycles. The summed E-state index contributed by atoms with van der Waals surface area (Å²) in [7, 11) is 0. The Labute approximate surface area is 194 Å². The Balaban J connectivity index is 1.69. The molecule has 2 amide bonds. The van der Waals surface area contributed by atoms with Crippen molar-refractivity contribution < 1.29 is 32.6 Å². The van der Waals surface area contributed by atoms with Crippen LogP contribution in [0.2, 0.25) is 0 Å². The number of aromatic nitrogens is 3. The first-order valence-electron chi connectivity index (χ1n) is 10.5. The predicted molar refractivity (Wildman–Crippen MR) is 114 cm³/mol. The molecule has 1 aliphatic rings. The number of rotatable bonds is 4. The van der Waals surface area contributed by atoms with Crippen molar-refractivity contribution in [1.82, 2.24) is 25.2 Å². The molecule has 2 aromatic rings. The van der Waals surface area contributed by atoms with Gasteiger partial charge in [-0.25, -0.2) is 14.8 Å². The fourth-order valence-electron chi connectivity index (χ4n) is 3.48. The zero-order valence-electron chi connectivity index (χ0n) is 19.2. The number of amides is 2. The number of nitrogens with one attached hydrogen (secondary N) is 1. The first-order chi connectivity index (χ1) is 15.6. The zero-order chi connectivity index (χ0) is 25.3. The van der Waals surface area contributed by atoms with Crippen LogP contribution in [-0.2, 0) is 22.3 Å². The van der Waals surface area contributed by atoms with Gasteiger partial charge in [0.1, 0.15) is 23.7 Å². The quantitative estimate of drug-likeness (QED) is 0.690. The van der Waals surface area contributed by atoms with Crippen molar-refractivity contribution in [2.75, 3.05) is 6.54 Å². The average Bonchev–Trinajstić information content (AvgIpc) is 3.06. The molecule has 2 N–H and O–H groups in total. The van der Waals surface area contributed by atoms with Crippen LogP contribution in [-0.4, -0.2) is 60.7 Å². The van der Waals surface area contributed by atoms with Crippen LogP contribution in [0.1, 0.15) is 45.5 Å². The van der Waals surface area contributed by atoms with E-state index in [1.165, 1.54) is 30.3 Å². The Morgan fingerprint density at radius 3 is 2.53 bits per heavy atom. The minimum Gasteiger partial charge on any atom is -0.444 e. The lowest BCUT2D eigenvalue weighted by molar-refractivity contribution is -0.141. The molecule has 1 fully saturated rings. The number of nitrogens with zero attached hydrogens (tertiary/aromatic N) is 4. The second-order valence-electron chi connectivity index (χ2n) is 9.37. The highest BCUT2D eigenvalue weighted by atomic mass is 19.4. The fraction of sp³-hybridized carbons (Fsp3) is 0.500. The second kappa shape index (κ2) is 9.16. The first kappa shape index (κ1) is 25.3. The third-order valence-corrected chi connectivity index (χ3v) is 4.97. The summed E-state index contributed by atoms with van der Waals surface area (Å²) in [5.41, 5.74) is -1.95. The summed E-state index contributed by atoms with van der Waals surface area (Å²) in [6, 6.07) is 2.68. The van der Waals surface area contributed by atoms with E-state index in [0.717, 1.165) is 12.3 Å². The van der Waals surface area contributed by atoms with Crippen molar-refractivity contribution in [2.24, 2.45) is 0 Å². The summed E-state index contributed by atoms with van der Waals surface area (Å²) in [6.45, 7) is 6.56. The smallest absolute Gasteiger partial charge is 0.433 e. The van der Waals surface area contributed by atoms with Crippen LogP contribution in [0.25, 0.3) is 11.3 Å². The molecule has 3 rings (SSSR count). The number of hydrogen-bond donors (Lipinski definition) is 2. The van der Waals surface area contributed by atoms with E-state index in [1.807, 2.05) is 0 Å². The van der Waals surface area contributed by atoms with Gasteiger partial charge in [-0.15, -0.1) is 0 Å². The van der Waals surface area contributed by atoms with Crippen molar-refractivity contribution in [3.63, 3.8) is 0 Å². The second-order valence-corrected chi connectivity index (χ2v) is 9.37. The maximum absolute atomic E-state index is 12.8. The van der Waals surface area contributed by atoms with Crippen molar-refractivity contribution in [3.8, 4) is 11.3 Å². The minimum atomic E-state index is -4.54. The molecule has 34 heavy (non-hydrogen) atoms. The molecule has 3 heterocycles. The van der Waals surface area contributed by atoms with E-state index < -0.39 is 41.1 Å². The average molecular weight is 481 g/mol. The Kier molecular flexibility index (Phi) is 6.83. The number of pyridine rings is 1. The Morgan fingerprint density at radius 1 is 1.24 bits per heavy atom. The number of hydrogen-bond acceptors (Lipinski definition) is 7. The Hall–Kier alpha value is -3.28. The van der Waals surface area contributed by atoms with Gasteiger partial charge >= 0.3 is 12.3 Å². The summed E-state index contributed by atoms with van der Waals surface area (Å²) in [6.07, 6.45) is -2.93. The third kappa shape index (κ3) is 6.40. The summed E-state index contributed by atoms with van der Waals surface area (Å²) >= 11 is 0. The molecule has 9 nitrogen and oxygen atoms in total. The molecule has 0 bridgehead atoms. The van der Waals surface area contributed by atoms with Gasteiger partial charge in [0.25, 0.3) is 0 Å². The number of halogens is 3. The van der Waals surface area contributed by atoms with Crippen LogP contribution in [0.15, 0.2) is 30.7 Å². The van der Waals surface area contributed by atoms with Crippen molar-refractivity contribution >= 4 is 12.0 Å². The molecule has 1 unspecified atom stereocenters. The normalized spacial score (nSPS) is 20.8. The maximum Gasteiger partial charge on any atom is 0.433 e.